The van der Waals surface area contributed by atoms with Gasteiger partial charge in [0.05, 0.1) is 20.5 Å². The number of hydrogen-bond donors (Lipinski definition) is 1. The quantitative estimate of drug-likeness (QED) is 0.945. The van der Waals surface area contributed by atoms with Gasteiger partial charge in [0.2, 0.25) is 0 Å². The Labute approximate surface area is 112 Å². The number of carbonyl (C=O) groups excluding carboxylic acids is 1. The fourth-order valence-electron chi connectivity index (χ4n) is 1.37. The lowest BCUT2D eigenvalue weighted by Crippen LogP contribution is -2.09. The monoisotopic (exact) mass is 313 g/mol. The number of thiophene rings is 1. The van der Waals surface area contributed by atoms with E-state index in [2.05, 4.69) is 26.3 Å². The highest BCUT2D eigenvalue weighted by molar-refractivity contribution is 9.11. The predicted molar refractivity (Wildman–Crippen MR) is 72.6 cm³/mol. The molecule has 6 heteroatoms. The maximum atomic E-state index is 11.9. The van der Waals surface area contributed by atoms with Crippen molar-refractivity contribution in [3.63, 3.8) is 0 Å². The minimum Gasteiger partial charge on any atom is -0.319 e. The molecule has 2 aromatic heterocycles. The van der Waals surface area contributed by atoms with Crippen LogP contribution in [0.5, 0.6) is 0 Å². The molecule has 0 radical (unpaired) electrons. The molecular formula is C11H12BrN3OS. The first kappa shape index (κ1) is 12.3. The van der Waals surface area contributed by atoms with Crippen LogP contribution in [-0.4, -0.2) is 15.7 Å². The van der Waals surface area contributed by atoms with Gasteiger partial charge in [0.25, 0.3) is 5.91 Å². The zero-order valence-electron chi connectivity index (χ0n) is 9.53. The highest BCUT2D eigenvalue weighted by Gasteiger charge is 2.12. The van der Waals surface area contributed by atoms with Crippen molar-refractivity contribution in [1.29, 1.82) is 0 Å². The van der Waals surface area contributed by atoms with E-state index in [1.54, 1.807) is 10.9 Å². The van der Waals surface area contributed by atoms with E-state index in [1.165, 1.54) is 11.3 Å². The van der Waals surface area contributed by atoms with Gasteiger partial charge in [-0.1, -0.05) is 0 Å². The fraction of sp³-hybridized carbons (Fsp3) is 0.273. The summed E-state index contributed by atoms with van der Waals surface area (Å²) in [5.41, 5.74) is 1.79. The standard InChI is InChI=1S/C11H12BrN3OS/c1-3-15-6-8(5-13-15)14-11(16)9-4-7(2)10(12)17-9/h4-6H,3H2,1-2H3,(H,14,16). The van der Waals surface area contributed by atoms with E-state index in [4.69, 9.17) is 0 Å². The Morgan fingerprint density at radius 3 is 2.94 bits per heavy atom. The normalized spacial score (nSPS) is 10.5. The summed E-state index contributed by atoms with van der Waals surface area (Å²) in [4.78, 5) is 12.6. The van der Waals surface area contributed by atoms with Crippen LogP contribution in [0.1, 0.15) is 22.2 Å². The molecule has 0 unspecified atom stereocenters. The van der Waals surface area contributed by atoms with E-state index in [9.17, 15) is 4.79 Å². The number of carbonyl (C=O) groups is 1. The minimum atomic E-state index is -0.0977. The zero-order valence-corrected chi connectivity index (χ0v) is 11.9. The van der Waals surface area contributed by atoms with Crippen molar-refractivity contribution in [2.75, 3.05) is 5.32 Å². The van der Waals surface area contributed by atoms with E-state index >= 15 is 0 Å². The maximum Gasteiger partial charge on any atom is 0.265 e. The summed E-state index contributed by atoms with van der Waals surface area (Å²) in [6, 6.07) is 1.87. The first-order valence-electron chi connectivity index (χ1n) is 5.20. The highest BCUT2D eigenvalue weighted by atomic mass is 79.9. The molecule has 17 heavy (non-hydrogen) atoms. The van der Waals surface area contributed by atoms with Crippen molar-refractivity contribution in [3.8, 4) is 0 Å². The lowest BCUT2D eigenvalue weighted by Gasteiger charge is -1.98. The Kier molecular flexibility index (Phi) is 3.63. The van der Waals surface area contributed by atoms with E-state index < -0.39 is 0 Å². The lowest BCUT2D eigenvalue weighted by molar-refractivity contribution is 0.103. The molecule has 4 nitrogen and oxygen atoms in total. The van der Waals surface area contributed by atoms with Crippen LogP contribution >= 0.6 is 27.3 Å². The largest absolute Gasteiger partial charge is 0.319 e. The molecule has 0 saturated heterocycles. The molecule has 0 bridgehead atoms. The Morgan fingerprint density at radius 2 is 2.41 bits per heavy atom. The van der Waals surface area contributed by atoms with Gasteiger partial charge in [0.1, 0.15) is 0 Å². The first-order valence-corrected chi connectivity index (χ1v) is 6.81. The van der Waals surface area contributed by atoms with Crippen molar-refractivity contribution in [3.05, 3.63) is 32.7 Å². The van der Waals surface area contributed by atoms with Crippen LogP contribution in [0.4, 0.5) is 5.69 Å². The molecule has 2 heterocycles. The molecular weight excluding hydrogens is 302 g/mol. The van der Waals surface area contributed by atoms with Crippen LogP contribution < -0.4 is 5.32 Å². The lowest BCUT2D eigenvalue weighted by atomic mass is 10.3. The Bertz CT molecular complexity index is 527. The molecule has 0 fully saturated rings. The summed E-state index contributed by atoms with van der Waals surface area (Å²) < 4.78 is 2.76. The number of amides is 1. The van der Waals surface area contributed by atoms with Gasteiger partial charge in [-0.25, -0.2) is 0 Å². The molecule has 0 atom stereocenters. The van der Waals surface area contributed by atoms with Gasteiger partial charge in [0, 0.05) is 12.7 Å². The number of aromatic nitrogens is 2. The summed E-state index contributed by atoms with van der Waals surface area (Å²) in [6.45, 7) is 4.75. The van der Waals surface area contributed by atoms with Gasteiger partial charge in [-0.2, -0.15) is 5.10 Å². The molecule has 2 aromatic rings. The average Bonchev–Trinajstić information content (AvgIpc) is 2.87. The van der Waals surface area contributed by atoms with E-state index in [0.29, 0.717) is 4.88 Å². The van der Waals surface area contributed by atoms with Crippen molar-refractivity contribution in [2.45, 2.75) is 20.4 Å². The van der Waals surface area contributed by atoms with E-state index in [-0.39, 0.29) is 5.91 Å². The molecule has 0 aliphatic rings. The summed E-state index contributed by atoms with van der Waals surface area (Å²) >= 11 is 4.84. The van der Waals surface area contributed by atoms with Gasteiger partial charge >= 0.3 is 0 Å². The number of aryl methyl sites for hydroxylation is 2. The number of rotatable bonds is 3. The predicted octanol–water partition coefficient (Wildman–Crippen LogP) is 3.29. The van der Waals surface area contributed by atoms with Gasteiger partial charge < -0.3 is 5.32 Å². The third kappa shape index (κ3) is 2.76. The summed E-state index contributed by atoms with van der Waals surface area (Å²) in [7, 11) is 0. The number of nitrogens with one attached hydrogen (secondary N) is 1. The third-order valence-electron chi connectivity index (χ3n) is 2.30. The molecule has 0 aliphatic carbocycles. The van der Waals surface area contributed by atoms with Crippen molar-refractivity contribution in [2.24, 2.45) is 0 Å². The second-order valence-corrected chi connectivity index (χ2v) is 5.98. The summed E-state index contributed by atoms with van der Waals surface area (Å²) in [5, 5.41) is 6.92. The molecule has 0 aromatic carbocycles. The topological polar surface area (TPSA) is 46.9 Å². The first-order chi connectivity index (χ1) is 8.10. The van der Waals surface area contributed by atoms with Crippen LogP contribution in [0, 0.1) is 6.92 Å². The Balaban J connectivity index is 2.11. The SMILES string of the molecule is CCn1cc(NC(=O)c2cc(C)c(Br)s2)cn1. The molecule has 1 N–H and O–H groups in total. The van der Waals surface area contributed by atoms with Crippen LogP contribution in [0.2, 0.25) is 0 Å². The van der Waals surface area contributed by atoms with Crippen LogP contribution in [0.3, 0.4) is 0 Å². The number of nitrogens with zero attached hydrogens (tertiary/aromatic N) is 2. The number of hydrogen-bond acceptors (Lipinski definition) is 3. The second kappa shape index (κ2) is 5.01. The Morgan fingerprint density at radius 1 is 1.65 bits per heavy atom. The molecule has 0 aliphatic heterocycles. The molecule has 0 saturated carbocycles. The summed E-state index contributed by atoms with van der Waals surface area (Å²) in [5.74, 6) is -0.0977. The second-order valence-electron chi connectivity index (χ2n) is 3.61. The summed E-state index contributed by atoms with van der Waals surface area (Å²) in [6.07, 6.45) is 3.46. The van der Waals surface area contributed by atoms with Gasteiger partial charge in [-0.3, -0.25) is 9.48 Å². The van der Waals surface area contributed by atoms with Crippen molar-refractivity contribution >= 4 is 38.9 Å². The maximum absolute atomic E-state index is 11.9. The van der Waals surface area contributed by atoms with Crippen LogP contribution in [-0.2, 0) is 6.54 Å². The van der Waals surface area contributed by atoms with E-state index in [1.807, 2.05) is 26.1 Å². The molecule has 0 spiro atoms. The average molecular weight is 314 g/mol. The minimum absolute atomic E-state index is 0.0977. The molecule has 90 valence electrons. The van der Waals surface area contributed by atoms with Crippen LogP contribution in [0.25, 0.3) is 0 Å². The Hall–Kier alpha value is -1.14. The number of anilines is 1. The smallest absolute Gasteiger partial charge is 0.265 e. The van der Waals surface area contributed by atoms with Crippen molar-refractivity contribution in [1.82, 2.24) is 9.78 Å². The van der Waals surface area contributed by atoms with Crippen LogP contribution in [0.15, 0.2) is 22.2 Å². The van der Waals surface area contributed by atoms with Gasteiger partial charge in [0.15, 0.2) is 0 Å². The fourth-order valence-corrected chi connectivity index (χ4v) is 2.80. The zero-order chi connectivity index (χ0) is 12.4. The van der Waals surface area contributed by atoms with E-state index in [0.717, 1.165) is 21.6 Å². The van der Waals surface area contributed by atoms with Crippen molar-refractivity contribution < 1.29 is 4.79 Å². The number of halogens is 1. The van der Waals surface area contributed by atoms with Gasteiger partial charge in [-0.15, -0.1) is 11.3 Å². The molecule has 2 rings (SSSR count). The molecule has 1 amide bonds. The highest BCUT2D eigenvalue weighted by Crippen LogP contribution is 2.27. The third-order valence-corrected chi connectivity index (χ3v) is 4.43. The van der Waals surface area contributed by atoms with Gasteiger partial charge in [-0.05, 0) is 41.4 Å².